The number of halogens is 3. The quantitative estimate of drug-likeness (QED) is 0.181. The number of nitrogens with zero attached hydrogens (tertiary/aromatic N) is 4. The Kier molecular flexibility index (Phi) is 8.37. The van der Waals surface area contributed by atoms with Crippen LogP contribution in [0.1, 0.15) is 35.2 Å². The minimum Gasteiger partial charge on any atom is -0.496 e. The largest absolute Gasteiger partial charge is 0.496 e. The van der Waals surface area contributed by atoms with Crippen LogP contribution in [0.15, 0.2) is 112 Å². The summed E-state index contributed by atoms with van der Waals surface area (Å²) in [6.07, 6.45) is -1.59. The molecule has 0 spiro atoms. The van der Waals surface area contributed by atoms with Crippen molar-refractivity contribution in [3.8, 4) is 11.8 Å². The van der Waals surface area contributed by atoms with Crippen molar-refractivity contribution < 1.29 is 27.4 Å². The molecule has 0 amide bonds. The highest BCUT2D eigenvalue weighted by molar-refractivity contribution is 7.07. The van der Waals surface area contributed by atoms with Gasteiger partial charge in [-0.1, -0.05) is 78.1 Å². The fraction of sp³-hybridized carbons (Fsp3) is 0.158. The summed E-state index contributed by atoms with van der Waals surface area (Å²) in [7, 11) is 1.38. The molecule has 0 N–H and O–H groups in total. The van der Waals surface area contributed by atoms with Crippen LogP contribution in [0.5, 0.6) is 5.75 Å². The average Bonchev–Trinajstić information content (AvgIpc) is 3.62. The van der Waals surface area contributed by atoms with Gasteiger partial charge in [-0.25, -0.2) is 9.79 Å². The minimum absolute atomic E-state index is 0.111. The molecule has 4 aromatic carbocycles. The fourth-order valence-corrected chi connectivity index (χ4v) is 7.45. The highest BCUT2D eigenvalue weighted by atomic mass is 32.1. The van der Waals surface area contributed by atoms with E-state index in [2.05, 4.69) is 11.1 Å². The third-order valence-corrected chi connectivity index (χ3v) is 9.59. The Hall–Kier alpha value is -5.93. The number of para-hydroxylation sites is 1. The monoisotopic (exact) mass is 692 g/mol. The van der Waals surface area contributed by atoms with Gasteiger partial charge in [0.2, 0.25) is 0 Å². The van der Waals surface area contributed by atoms with E-state index in [-0.39, 0.29) is 27.3 Å². The number of thiazole rings is 1. The molecule has 3 heterocycles. The maximum Gasteiger partial charge on any atom is 0.434 e. The number of esters is 1. The average molecular weight is 693 g/mol. The number of benzene rings is 4. The molecule has 12 heteroatoms. The van der Waals surface area contributed by atoms with E-state index in [0.29, 0.717) is 28.4 Å². The van der Waals surface area contributed by atoms with Gasteiger partial charge in [0.1, 0.15) is 11.8 Å². The summed E-state index contributed by atoms with van der Waals surface area (Å²) in [6.45, 7) is 1.67. The first-order valence-electron chi connectivity index (χ1n) is 15.6. The second kappa shape index (κ2) is 12.8. The Labute approximate surface area is 286 Å². The zero-order valence-corrected chi connectivity index (χ0v) is 27.5. The van der Waals surface area contributed by atoms with Crippen LogP contribution >= 0.6 is 11.3 Å². The van der Waals surface area contributed by atoms with E-state index in [9.17, 15) is 28.0 Å². The number of carbonyl (C=O) groups excluding carboxylic acids is 1. The van der Waals surface area contributed by atoms with E-state index < -0.39 is 35.0 Å². The summed E-state index contributed by atoms with van der Waals surface area (Å²) in [4.78, 5) is 31.7. The number of aromatic nitrogens is 2. The maximum atomic E-state index is 14.8. The Morgan fingerprint density at radius 1 is 1.02 bits per heavy atom. The van der Waals surface area contributed by atoms with E-state index in [1.165, 1.54) is 14.0 Å². The van der Waals surface area contributed by atoms with Crippen molar-refractivity contribution in [2.75, 3.05) is 13.7 Å². The highest BCUT2D eigenvalue weighted by Gasteiger charge is 2.46. The van der Waals surface area contributed by atoms with Gasteiger partial charge in [-0.15, -0.1) is 0 Å². The molecule has 0 bridgehead atoms. The van der Waals surface area contributed by atoms with Gasteiger partial charge in [0.15, 0.2) is 10.5 Å². The van der Waals surface area contributed by atoms with Gasteiger partial charge >= 0.3 is 12.1 Å². The number of allylic oxidation sites excluding steroid dienone is 1. The molecule has 250 valence electrons. The van der Waals surface area contributed by atoms with E-state index in [1.54, 1.807) is 54.6 Å². The first-order valence-corrected chi connectivity index (χ1v) is 16.4. The lowest BCUT2D eigenvalue weighted by atomic mass is 9.90. The van der Waals surface area contributed by atoms with Gasteiger partial charge in [-0.05, 0) is 47.5 Å². The Bertz CT molecular complexity index is 2590. The number of alkyl halides is 3. The number of ether oxygens (including phenoxy) is 2. The summed E-state index contributed by atoms with van der Waals surface area (Å²) >= 11 is 0.798. The summed E-state index contributed by atoms with van der Waals surface area (Å²) < 4.78 is 58.5. The Morgan fingerprint density at radius 2 is 1.74 bits per heavy atom. The van der Waals surface area contributed by atoms with Gasteiger partial charge in [0.05, 0.1) is 35.5 Å². The van der Waals surface area contributed by atoms with Crippen LogP contribution in [0, 0.1) is 11.3 Å². The zero-order chi connectivity index (χ0) is 35.2. The van der Waals surface area contributed by atoms with Crippen LogP contribution in [0.4, 0.5) is 13.2 Å². The molecule has 7 rings (SSSR count). The fourth-order valence-electron chi connectivity index (χ4n) is 6.46. The normalized spacial score (nSPS) is 14.8. The van der Waals surface area contributed by atoms with Crippen LogP contribution in [0.3, 0.4) is 0 Å². The number of methoxy groups -OCH3 is 1. The molecule has 8 nitrogen and oxygen atoms in total. The number of rotatable bonds is 7. The molecule has 0 fully saturated rings. The lowest BCUT2D eigenvalue weighted by Gasteiger charge is -2.28. The molecule has 0 radical (unpaired) electrons. The van der Waals surface area contributed by atoms with Crippen LogP contribution in [0.2, 0.25) is 0 Å². The molecule has 1 aliphatic heterocycles. The zero-order valence-electron chi connectivity index (χ0n) is 26.7. The molecule has 0 saturated heterocycles. The van der Waals surface area contributed by atoms with Crippen LogP contribution in [0.25, 0.3) is 27.8 Å². The van der Waals surface area contributed by atoms with Crippen LogP contribution in [-0.2, 0) is 16.1 Å². The lowest BCUT2D eigenvalue weighted by Crippen LogP contribution is -2.41. The molecule has 0 aliphatic carbocycles. The standard InChI is InChI=1S/C38H27F3N4O4S/c1-3-49-36(47)32-33(31-27-14-7-6-10-22(27)16-17-29(31)48-2)45-35(46)30(50-37(45)43-34(32)38(39,40)41)18-25-21-44(28-15-9-8-13-26(25)28)20-24-12-5-4-11-23(24)19-42/h4-18,21,33H,3,20H2,1-2H3/b30-18+/t33-/m0/s1. The molecule has 6 aromatic rings. The third-order valence-electron chi connectivity index (χ3n) is 8.60. The van der Waals surface area contributed by atoms with Crippen molar-refractivity contribution in [3.63, 3.8) is 0 Å². The molecule has 1 atom stereocenters. The Morgan fingerprint density at radius 3 is 2.48 bits per heavy atom. The lowest BCUT2D eigenvalue weighted by molar-refractivity contribution is -0.140. The number of nitriles is 1. The van der Waals surface area contributed by atoms with Crippen molar-refractivity contribution in [1.29, 1.82) is 5.26 Å². The third kappa shape index (κ3) is 5.55. The molecular weight excluding hydrogens is 666 g/mol. The van der Waals surface area contributed by atoms with E-state index in [1.807, 2.05) is 47.2 Å². The van der Waals surface area contributed by atoms with Crippen molar-refractivity contribution in [3.05, 3.63) is 144 Å². The van der Waals surface area contributed by atoms with Gasteiger partial charge in [-0.3, -0.25) is 9.36 Å². The summed E-state index contributed by atoms with van der Waals surface area (Å²) in [5.41, 5.74) is 0.131. The number of carbonyl (C=O) groups is 1. The maximum absolute atomic E-state index is 14.8. The summed E-state index contributed by atoms with van der Waals surface area (Å²) in [5, 5.41) is 11.6. The van der Waals surface area contributed by atoms with Gasteiger partial charge < -0.3 is 14.0 Å². The van der Waals surface area contributed by atoms with Crippen LogP contribution in [-0.4, -0.2) is 35.0 Å². The predicted octanol–water partition coefficient (Wildman–Crippen LogP) is 6.38. The van der Waals surface area contributed by atoms with Gasteiger partial charge in [0.25, 0.3) is 5.56 Å². The molecule has 2 aromatic heterocycles. The number of hydrogen-bond donors (Lipinski definition) is 0. The van der Waals surface area contributed by atoms with Crippen LogP contribution < -0.4 is 19.6 Å². The van der Waals surface area contributed by atoms with Crippen molar-refractivity contribution in [1.82, 2.24) is 9.13 Å². The van der Waals surface area contributed by atoms with E-state index in [0.717, 1.165) is 32.4 Å². The van der Waals surface area contributed by atoms with E-state index in [4.69, 9.17) is 9.47 Å². The summed E-state index contributed by atoms with van der Waals surface area (Å²) in [5.74, 6) is -1.05. The van der Waals surface area contributed by atoms with Crippen molar-refractivity contribution >= 4 is 45.1 Å². The minimum atomic E-state index is -5.06. The van der Waals surface area contributed by atoms with E-state index >= 15 is 0 Å². The molecule has 1 aliphatic rings. The van der Waals surface area contributed by atoms with Gasteiger partial charge in [0, 0.05) is 34.8 Å². The topological polar surface area (TPSA) is 98.6 Å². The van der Waals surface area contributed by atoms with Crippen molar-refractivity contribution in [2.45, 2.75) is 25.7 Å². The molecule has 50 heavy (non-hydrogen) atoms. The first kappa shape index (κ1) is 32.6. The summed E-state index contributed by atoms with van der Waals surface area (Å²) in [6, 6.07) is 25.8. The Balaban J connectivity index is 1.50. The molecular formula is C38H27F3N4O4S. The van der Waals surface area contributed by atoms with Crippen molar-refractivity contribution in [2.24, 2.45) is 4.99 Å². The SMILES string of the molecule is CCOC(=O)C1=C(C(F)(F)F)N=c2s/c(=C/c3cn(Cc4ccccc4C#N)c4ccccc34)c(=O)n2[C@H]1c1c(OC)ccc2ccccc12. The molecule has 0 saturated carbocycles. The highest BCUT2D eigenvalue weighted by Crippen LogP contribution is 2.43. The second-order valence-electron chi connectivity index (χ2n) is 11.5. The smallest absolute Gasteiger partial charge is 0.434 e. The second-order valence-corrected chi connectivity index (χ2v) is 12.5. The molecule has 0 unspecified atom stereocenters. The number of fused-ring (bicyclic) bond motifs is 3. The first-order chi connectivity index (χ1) is 24.1. The number of hydrogen-bond acceptors (Lipinski definition) is 7. The predicted molar refractivity (Wildman–Crippen MR) is 183 cm³/mol. The van der Waals surface area contributed by atoms with Gasteiger partial charge in [-0.2, -0.15) is 18.4 Å².